The van der Waals surface area contributed by atoms with Crippen molar-refractivity contribution in [3.05, 3.63) is 121 Å². The number of hydrogen-bond donors (Lipinski definition) is 3. The summed E-state index contributed by atoms with van der Waals surface area (Å²) in [7, 11) is 2.15. The Morgan fingerprint density at radius 3 is 1.41 bits per heavy atom. The molecule has 3 N–H and O–H groups in total. The number of hydrogen-bond acceptors (Lipinski definition) is 8. The number of nitrogens with one attached hydrogen (secondary N) is 1. The van der Waals surface area contributed by atoms with E-state index in [4.69, 9.17) is 33.2 Å². The van der Waals surface area contributed by atoms with Gasteiger partial charge in [-0.2, -0.15) is 0 Å². The summed E-state index contributed by atoms with van der Waals surface area (Å²) in [5, 5.41) is 29.9. The molecule has 10 rings (SSSR count). The van der Waals surface area contributed by atoms with Crippen LogP contribution in [0.5, 0.6) is 0 Å². The first-order valence-corrected chi connectivity index (χ1v) is 28.7. The van der Waals surface area contributed by atoms with E-state index in [0.29, 0.717) is 60.9 Å². The van der Waals surface area contributed by atoms with E-state index in [9.17, 15) is 19.8 Å². The van der Waals surface area contributed by atoms with Crippen LogP contribution < -0.4 is 5.32 Å². The molecule has 10 nitrogen and oxygen atoms in total. The van der Waals surface area contributed by atoms with Crippen molar-refractivity contribution in [1.82, 2.24) is 30.0 Å². The number of aromatic nitrogens is 2. The van der Waals surface area contributed by atoms with Crippen LogP contribution in [0.25, 0.3) is 0 Å². The van der Waals surface area contributed by atoms with Crippen LogP contribution in [-0.2, 0) is 46.5 Å². The van der Waals surface area contributed by atoms with Crippen molar-refractivity contribution in [2.24, 2.45) is 23.7 Å². The van der Waals surface area contributed by atoms with Crippen molar-refractivity contribution in [2.75, 3.05) is 59.4 Å². The maximum Gasteiger partial charge on any atom is 0.222 e. The van der Waals surface area contributed by atoms with Gasteiger partial charge in [-0.25, -0.2) is 0 Å². The van der Waals surface area contributed by atoms with E-state index >= 15 is 0 Å². The highest BCUT2D eigenvalue weighted by Gasteiger charge is 2.50. The van der Waals surface area contributed by atoms with E-state index in [-0.39, 0.29) is 23.7 Å². The molecular formula is C53H62Br4Cl2N6O4. The molecule has 4 aliphatic heterocycles. The molecule has 16 heteroatoms. The van der Waals surface area contributed by atoms with Crippen LogP contribution in [0, 0.1) is 23.7 Å². The largest absolute Gasteiger partial charge is 0.378 e. The van der Waals surface area contributed by atoms with Crippen LogP contribution in [0.15, 0.2) is 66.7 Å². The summed E-state index contributed by atoms with van der Waals surface area (Å²) >= 11 is 27.4. The first-order valence-electron chi connectivity index (χ1n) is 24.8. The first-order chi connectivity index (χ1) is 33.1. The number of carbonyl (C=O) groups excluding carboxylic acids is 2. The number of fused-ring (bicyclic) bond motifs is 4. The smallest absolute Gasteiger partial charge is 0.222 e. The van der Waals surface area contributed by atoms with E-state index in [0.717, 1.165) is 166 Å². The van der Waals surface area contributed by atoms with Gasteiger partial charge in [-0.1, -0.05) is 55.1 Å². The zero-order chi connectivity index (χ0) is 48.6. The van der Waals surface area contributed by atoms with E-state index < -0.39 is 11.2 Å². The Morgan fingerprint density at radius 1 is 0.594 bits per heavy atom. The van der Waals surface area contributed by atoms with E-state index in [1.54, 1.807) is 12.4 Å². The Hall–Kier alpha value is -1.98. The van der Waals surface area contributed by atoms with Gasteiger partial charge in [-0.05, 0) is 213 Å². The molecule has 0 bridgehead atoms. The molecule has 2 atom stereocenters. The molecule has 2 aromatic heterocycles. The molecule has 2 aromatic carbocycles. The second kappa shape index (κ2) is 22.2. The van der Waals surface area contributed by atoms with Crippen LogP contribution in [0.3, 0.4) is 0 Å². The number of benzene rings is 2. The number of halogens is 6. The molecule has 2 amide bonds. The van der Waals surface area contributed by atoms with Gasteiger partial charge in [0.25, 0.3) is 0 Å². The molecule has 69 heavy (non-hydrogen) atoms. The topological polar surface area (TPSA) is 122 Å². The van der Waals surface area contributed by atoms with Crippen molar-refractivity contribution in [3.8, 4) is 0 Å². The minimum Gasteiger partial charge on any atom is -0.378 e. The molecule has 2 aliphatic carbocycles. The summed E-state index contributed by atoms with van der Waals surface area (Å²) in [5.74, 6) is 1.41. The maximum absolute atomic E-state index is 13.1. The molecule has 4 fully saturated rings. The van der Waals surface area contributed by atoms with Crippen LogP contribution >= 0.6 is 86.9 Å². The molecule has 6 heterocycles. The lowest BCUT2D eigenvalue weighted by molar-refractivity contribution is -0.136. The number of carbonyl (C=O) groups is 2. The number of aryl methyl sites for hydroxylation is 4. The fourth-order valence-electron chi connectivity index (χ4n) is 12.3. The number of nitrogens with zero attached hydrogens (tertiary/aromatic N) is 5. The average molecular weight is 1240 g/mol. The van der Waals surface area contributed by atoms with Crippen LogP contribution in [-0.4, -0.2) is 106 Å². The highest BCUT2D eigenvalue weighted by Crippen LogP contribution is 2.51. The summed E-state index contributed by atoms with van der Waals surface area (Å²) in [6.45, 7) is 6.85. The zero-order valence-electron chi connectivity index (χ0n) is 39.2. The van der Waals surface area contributed by atoms with Gasteiger partial charge >= 0.3 is 0 Å². The molecule has 0 radical (unpaired) electrons. The van der Waals surface area contributed by atoms with Crippen molar-refractivity contribution < 1.29 is 19.8 Å². The lowest BCUT2D eigenvalue weighted by Gasteiger charge is -2.43. The Balaban J connectivity index is 0.000000172. The molecule has 6 aliphatic rings. The maximum atomic E-state index is 13.1. The number of piperidine rings is 4. The van der Waals surface area contributed by atoms with Gasteiger partial charge in [-0.15, -0.1) is 0 Å². The molecule has 0 spiro atoms. The van der Waals surface area contributed by atoms with Gasteiger partial charge in [-0.3, -0.25) is 19.6 Å². The highest BCUT2D eigenvalue weighted by atomic mass is 79.9. The van der Waals surface area contributed by atoms with E-state index in [2.05, 4.69) is 93.1 Å². The van der Waals surface area contributed by atoms with Crippen molar-refractivity contribution in [3.63, 3.8) is 0 Å². The van der Waals surface area contributed by atoms with Gasteiger partial charge in [0, 0.05) is 102 Å². The summed E-state index contributed by atoms with van der Waals surface area (Å²) in [5.41, 5.74) is 4.97. The average Bonchev–Trinajstić information content (AvgIpc) is 3.54. The summed E-state index contributed by atoms with van der Waals surface area (Å²) in [6.07, 6.45) is 15.3. The fraction of sp³-hybridized carbons (Fsp3) is 0.547. The Kier molecular flexibility index (Phi) is 16.7. The lowest BCUT2D eigenvalue weighted by Crippen LogP contribution is -2.47. The number of amides is 2. The minimum absolute atomic E-state index is 0.0443. The van der Waals surface area contributed by atoms with Crippen LogP contribution in [0.2, 0.25) is 10.0 Å². The molecule has 2 unspecified atom stereocenters. The van der Waals surface area contributed by atoms with Gasteiger partial charge in [0.2, 0.25) is 11.8 Å². The number of rotatable bonds is 6. The third-order valence-electron chi connectivity index (χ3n) is 16.1. The fourth-order valence-corrected chi connectivity index (χ4v) is 15.4. The second-order valence-corrected chi connectivity index (χ2v) is 24.8. The van der Waals surface area contributed by atoms with Crippen molar-refractivity contribution >= 4 is 98.7 Å². The SMILES string of the molecule is CN1CCC(CC(=O)N2CCC(C3(O)c4ncc(Br)cc4CCc4cc(Cl)cc(Br)c43)CC2)CC1.O=C(CC1CCNCC1)N1CCC(C2(O)c3ncc(Br)cc3CCc3cc(Cl)cc(Br)c32)CC1. The minimum atomic E-state index is -1.24. The quantitative estimate of drug-likeness (QED) is 0.175. The number of aliphatic hydroxyl groups is 2. The summed E-state index contributed by atoms with van der Waals surface area (Å²) in [6, 6.07) is 11.8. The van der Waals surface area contributed by atoms with E-state index in [1.165, 1.54) is 0 Å². The Labute approximate surface area is 450 Å². The van der Waals surface area contributed by atoms with Crippen molar-refractivity contribution in [2.45, 2.75) is 101 Å². The predicted molar refractivity (Wildman–Crippen MR) is 287 cm³/mol. The molecule has 4 saturated heterocycles. The molecule has 4 aromatic rings. The third-order valence-corrected chi connectivity index (χ3v) is 18.6. The molecule has 370 valence electrons. The van der Waals surface area contributed by atoms with Gasteiger partial charge < -0.3 is 30.2 Å². The zero-order valence-corrected chi connectivity index (χ0v) is 47.1. The monoisotopic (exact) mass is 1230 g/mol. The predicted octanol–water partition coefficient (Wildman–Crippen LogP) is 10.8. The van der Waals surface area contributed by atoms with Gasteiger partial charge in [0.1, 0.15) is 11.2 Å². The second-order valence-electron chi connectivity index (χ2n) is 20.4. The lowest BCUT2D eigenvalue weighted by atomic mass is 9.72. The van der Waals surface area contributed by atoms with E-state index in [1.807, 2.05) is 34.1 Å². The number of pyridine rings is 2. The normalized spacial score (nSPS) is 24.0. The summed E-state index contributed by atoms with van der Waals surface area (Å²) in [4.78, 5) is 42.0. The van der Waals surface area contributed by atoms with Crippen LogP contribution in [0.1, 0.15) is 109 Å². The summed E-state index contributed by atoms with van der Waals surface area (Å²) < 4.78 is 3.46. The van der Waals surface area contributed by atoms with Crippen LogP contribution in [0.4, 0.5) is 0 Å². The van der Waals surface area contributed by atoms with Crippen molar-refractivity contribution in [1.29, 1.82) is 0 Å². The number of likely N-dealkylation sites (tertiary alicyclic amines) is 3. The standard InChI is InChI=1S/C27H32Br2ClN3O2.C26H30Br2ClN3O2/c1-32-8-4-17(5-9-32)12-24(34)33-10-6-20(7-11-33)27(35)25-18(14-22(30)15-23(25)29)2-3-19-13-21(28)16-31-26(19)27;27-20-12-18-2-1-17-13-21(29)14-22(28)24(17)26(34,25(18)31-15-20)19-5-9-32(10-6-19)23(33)11-16-3-7-30-8-4-16/h13-17,20,35H,2-12H2,1H3;12-16,19,30,34H,1-11H2. The van der Waals surface area contributed by atoms with Gasteiger partial charge in [0.05, 0.1) is 11.4 Å². The van der Waals surface area contributed by atoms with Gasteiger partial charge in [0.15, 0.2) is 0 Å². The Bertz CT molecular complexity index is 2540. The molecule has 0 saturated carbocycles. The highest BCUT2D eigenvalue weighted by molar-refractivity contribution is 9.11. The third kappa shape index (κ3) is 11.1. The first kappa shape index (κ1) is 51.9. The molecular weight excluding hydrogens is 1180 g/mol. The Morgan fingerprint density at radius 2 is 0.986 bits per heavy atom.